The highest BCUT2D eigenvalue weighted by molar-refractivity contribution is 8.00. The quantitative estimate of drug-likeness (QED) is 0.659. The minimum Gasteiger partial charge on any atom is -0.378 e. The minimum atomic E-state index is -0.327. The number of hydrogen-bond donors (Lipinski definition) is 1. The normalized spacial score (nSPS) is 39.9. The summed E-state index contributed by atoms with van der Waals surface area (Å²) in [5.74, 6) is -0.663. The molecule has 2 aliphatic carbocycles. The molecule has 8 nitrogen and oxygen atoms in total. The fourth-order valence-corrected chi connectivity index (χ4v) is 10.4. The molecule has 3 aliphatic heterocycles. The second kappa shape index (κ2) is 7.17. The molecule has 5 aliphatic rings. The lowest BCUT2D eigenvalue weighted by Crippen LogP contribution is -2.49. The lowest BCUT2D eigenvalue weighted by atomic mass is 9.62. The molecular weight excluding hydrogens is 450 g/mol. The number of aromatic nitrogens is 1. The number of likely N-dealkylation sites (tertiary alicyclic amines) is 1. The molecular formula is C22H27N3O5S2. The van der Waals surface area contributed by atoms with Gasteiger partial charge in [0, 0.05) is 28.6 Å². The lowest BCUT2D eigenvalue weighted by Gasteiger charge is -2.48. The maximum Gasteiger partial charge on any atom is 0.305 e. The van der Waals surface area contributed by atoms with Crippen LogP contribution >= 0.6 is 23.1 Å². The van der Waals surface area contributed by atoms with E-state index in [1.807, 2.05) is 0 Å². The van der Waals surface area contributed by atoms with E-state index >= 15 is 0 Å². The van der Waals surface area contributed by atoms with Gasteiger partial charge in [0.25, 0.3) is 0 Å². The van der Waals surface area contributed by atoms with Gasteiger partial charge in [0.05, 0.1) is 30.1 Å². The van der Waals surface area contributed by atoms with Crippen LogP contribution in [-0.4, -0.2) is 70.6 Å². The van der Waals surface area contributed by atoms with Gasteiger partial charge in [0.2, 0.25) is 17.7 Å². The molecule has 4 heterocycles. The number of aromatic amines is 1. The van der Waals surface area contributed by atoms with E-state index in [4.69, 9.17) is 4.74 Å². The number of thioether (sulfide) groups is 1. The van der Waals surface area contributed by atoms with E-state index in [0.717, 1.165) is 22.7 Å². The van der Waals surface area contributed by atoms with Gasteiger partial charge in [-0.15, -0.1) is 11.8 Å². The van der Waals surface area contributed by atoms with Gasteiger partial charge in [-0.2, -0.15) is 0 Å². The first-order valence-electron chi connectivity index (χ1n) is 11.5. The summed E-state index contributed by atoms with van der Waals surface area (Å²) >= 11 is 3.00. The molecule has 32 heavy (non-hydrogen) atoms. The van der Waals surface area contributed by atoms with Crippen molar-refractivity contribution >= 4 is 40.8 Å². The number of carbonyl (C=O) groups is 3. The number of nitrogens with one attached hydrogen (secondary N) is 1. The van der Waals surface area contributed by atoms with Gasteiger partial charge in [-0.1, -0.05) is 25.2 Å². The number of imide groups is 1. The fourth-order valence-electron chi connectivity index (χ4n) is 7.16. The Balaban J connectivity index is 1.30. The first-order chi connectivity index (χ1) is 15.3. The topological polar surface area (TPSA) is 99.8 Å². The van der Waals surface area contributed by atoms with Crippen LogP contribution in [0.2, 0.25) is 0 Å². The summed E-state index contributed by atoms with van der Waals surface area (Å²) in [6.45, 7) is 6.21. The fraction of sp³-hybridized carbons (Fsp3) is 0.727. The molecule has 0 aromatic carbocycles. The molecule has 6 rings (SSSR count). The van der Waals surface area contributed by atoms with Crippen LogP contribution in [0.3, 0.4) is 0 Å². The van der Waals surface area contributed by atoms with Crippen LogP contribution < -0.4 is 4.87 Å². The van der Waals surface area contributed by atoms with Gasteiger partial charge in [-0.25, -0.2) is 0 Å². The average molecular weight is 478 g/mol. The van der Waals surface area contributed by atoms with Crippen LogP contribution in [-0.2, 0) is 24.5 Å². The number of fused-ring (bicyclic) bond motifs is 9. The van der Waals surface area contributed by atoms with Gasteiger partial charge < -0.3 is 14.6 Å². The van der Waals surface area contributed by atoms with Crippen molar-refractivity contribution < 1.29 is 19.1 Å². The van der Waals surface area contributed by atoms with Crippen LogP contribution in [0, 0.1) is 29.6 Å². The van der Waals surface area contributed by atoms with E-state index in [1.165, 1.54) is 16.2 Å². The number of nitrogens with zero attached hydrogens (tertiary/aromatic N) is 2. The zero-order chi connectivity index (χ0) is 22.4. The number of carbonyl (C=O) groups excluding carboxylic acids is 3. The standard InChI is InChI=1S/C22H27N3O5S2/c1-3-22(2)15-10-8-11(16(15)31-18-17(22)32-21(29)23-18)14-13(10)19(27)25(20(14)28)9-12(26)24-4-6-30-7-5-24/h10-11,13-16H,3-9H2,1-2H3,(H,23,29)/t10-,11-,13-,14-,15-,16+,22-/m0/s1. The molecule has 0 spiro atoms. The molecule has 1 aromatic heterocycles. The summed E-state index contributed by atoms with van der Waals surface area (Å²) in [4.78, 5) is 58.8. The maximum absolute atomic E-state index is 13.5. The van der Waals surface area contributed by atoms with Crippen molar-refractivity contribution in [2.75, 3.05) is 32.8 Å². The Morgan fingerprint density at radius 2 is 1.84 bits per heavy atom. The highest BCUT2D eigenvalue weighted by Crippen LogP contribution is 2.69. The Hall–Kier alpha value is -1.65. The second-order valence-corrected chi connectivity index (χ2v) is 12.1. The zero-order valence-electron chi connectivity index (χ0n) is 18.2. The Morgan fingerprint density at radius 1 is 1.16 bits per heavy atom. The Labute approximate surface area is 194 Å². The zero-order valence-corrected chi connectivity index (χ0v) is 19.8. The SMILES string of the molecule is CC[C@]1(C)c2sc(=O)[nH]c2S[C@@H]2[C@H]3C[C@@H]([C@@H]4C(=O)N(CC(=O)N5CCOCC5)C(=O)[C@@H]34)[C@@H]21. The molecule has 7 atom stereocenters. The van der Waals surface area contributed by atoms with Gasteiger partial charge >= 0.3 is 4.87 Å². The van der Waals surface area contributed by atoms with Gasteiger partial charge in [-0.05, 0) is 30.6 Å². The largest absolute Gasteiger partial charge is 0.378 e. The predicted octanol–water partition coefficient (Wildman–Crippen LogP) is 1.30. The van der Waals surface area contributed by atoms with E-state index in [1.54, 1.807) is 16.7 Å². The molecule has 2 saturated heterocycles. The molecule has 2 saturated carbocycles. The molecule has 1 N–H and O–H groups in total. The van der Waals surface area contributed by atoms with E-state index in [-0.39, 0.29) is 69.4 Å². The van der Waals surface area contributed by atoms with Crippen molar-refractivity contribution in [1.29, 1.82) is 0 Å². The Kier molecular flexibility index (Phi) is 4.69. The second-order valence-electron chi connectivity index (χ2n) is 9.92. The van der Waals surface area contributed by atoms with Crippen molar-refractivity contribution in [3.63, 3.8) is 0 Å². The van der Waals surface area contributed by atoms with Crippen LogP contribution in [0.5, 0.6) is 0 Å². The van der Waals surface area contributed by atoms with Gasteiger partial charge in [0.1, 0.15) is 6.54 Å². The summed E-state index contributed by atoms with van der Waals surface area (Å²) in [7, 11) is 0. The summed E-state index contributed by atoms with van der Waals surface area (Å²) in [6, 6.07) is 0. The number of thiazole rings is 1. The molecule has 3 amide bonds. The number of H-pyrrole nitrogens is 1. The van der Waals surface area contributed by atoms with Crippen LogP contribution in [0.4, 0.5) is 0 Å². The van der Waals surface area contributed by atoms with Gasteiger partial charge in [0.15, 0.2) is 0 Å². The summed E-state index contributed by atoms with van der Waals surface area (Å²) in [5.41, 5.74) is -0.181. The van der Waals surface area contributed by atoms with E-state index in [9.17, 15) is 19.2 Å². The number of hydrogen-bond acceptors (Lipinski definition) is 7. The third-order valence-electron chi connectivity index (χ3n) is 8.71. The molecule has 0 unspecified atom stereocenters. The smallest absolute Gasteiger partial charge is 0.305 e. The first-order valence-corrected chi connectivity index (χ1v) is 13.2. The highest BCUT2D eigenvalue weighted by Gasteiger charge is 2.71. The highest BCUT2D eigenvalue weighted by atomic mass is 32.2. The number of rotatable bonds is 3. The average Bonchev–Trinajstić information content (AvgIpc) is 3.52. The number of morpholine rings is 1. The molecule has 10 heteroatoms. The predicted molar refractivity (Wildman–Crippen MR) is 118 cm³/mol. The first kappa shape index (κ1) is 20.9. The third kappa shape index (κ3) is 2.66. The summed E-state index contributed by atoms with van der Waals surface area (Å²) in [6.07, 6.45) is 1.77. The summed E-state index contributed by atoms with van der Waals surface area (Å²) in [5, 5.41) is 1.17. The molecule has 172 valence electrons. The molecule has 0 radical (unpaired) electrons. The molecule has 1 aromatic rings. The Bertz CT molecular complexity index is 1060. The number of amides is 3. The van der Waals surface area contributed by atoms with Crippen molar-refractivity contribution in [1.82, 2.24) is 14.8 Å². The lowest BCUT2D eigenvalue weighted by molar-refractivity contribution is -0.148. The van der Waals surface area contributed by atoms with Crippen LogP contribution in [0.15, 0.2) is 9.82 Å². The van der Waals surface area contributed by atoms with Crippen molar-refractivity contribution in [3.05, 3.63) is 14.5 Å². The number of ether oxygens (including phenoxy) is 1. The molecule has 4 fully saturated rings. The maximum atomic E-state index is 13.5. The van der Waals surface area contributed by atoms with Crippen LogP contribution in [0.1, 0.15) is 31.6 Å². The molecule has 2 bridgehead atoms. The van der Waals surface area contributed by atoms with Crippen LogP contribution in [0.25, 0.3) is 0 Å². The summed E-state index contributed by atoms with van der Waals surface area (Å²) < 4.78 is 5.31. The van der Waals surface area contributed by atoms with Crippen molar-refractivity contribution in [2.45, 2.75) is 42.4 Å². The van der Waals surface area contributed by atoms with Crippen molar-refractivity contribution in [2.24, 2.45) is 29.6 Å². The van der Waals surface area contributed by atoms with E-state index < -0.39 is 0 Å². The van der Waals surface area contributed by atoms with E-state index in [0.29, 0.717) is 26.3 Å². The Morgan fingerprint density at radius 3 is 2.53 bits per heavy atom. The van der Waals surface area contributed by atoms with Gasteiger partial charge in [-0.3, -0.25) is 24.1 Å². The minimum absolute atomic E-state index is 0.0327. The third-order valence-corrected chi connectivity index (χ3v) is 11.5. The van der Waals surface area contributed by atoms with E-state index in [2.05, 4.69) is 18.8 Å². The van der Waals surface area contributed by atoms with Crippen molar-refractivity contribution in [3.8, 4) is 0 Å². The monoisotopic (exact) mass is 477 g/mol.